The highest BCUT2D eigenvalue weighted by molar-refractivity contribution is 7.89. The van der Waals surface area contributed by atoms with Gasteiger partial charge in [0.25, 0.3) is 0 Å². The summed E-state index contributed by atoms with van der Waals surface area (Å²) in [5.74, 6) is -0.862. The van der Waals surface area contributed by atoms with Crippen LogP contribution in [0.5, 0.6) is 0 Å². The first-order valence-electron chi connectivity index (χ1n) is 11.0. The Labute approximate surface area is 215 Å². The van der Waals surface area contributed by atoms with Gasteiger partial charge in [-0.1, -0.05) is 66.5 Å². The van der Waals surface area contributed by atoms with Crippen LogP contribution >= 0.6 is 23.2 Å². The zero-order valence-electron chi connectivity index (χ0n) is 19.7. The fourth-order valence-electron chi connectivity index (χ4n) is 3.79. The molecule has 35 heavy (non-hydrogen) atoms. The zero-order chi connectivity index (χ0) is 25.8. The lowest BCUT2D eigenvalue weighted by Crippen LogP contribution is -2.51. The molecular weight excluding hydrogens is 509 g/mol. The van der Waals surface area contributed by atoms with Gasteiger partial charge in [0, 0.05) is 20.6 Å². The summed E-state index contributed by atoms with van der Waals surface area (Å²) in [7, 11) is -1.12. The zero-order valence-corrected chi connectivity index (χ0v) is 22.0. The van der Waals surface area contributed by atoms with Crippen molar-refractivity contribution in [1.82, 2.24) is 14.5 Å². The average molecular weight is 536 g/mol. The average Bonchev–Trinajstić information content (AvgIpc) is 2.85. The molecule has 1 atom stereocenters. The van der Waals surface area contributed by atoms with Gasteiger partial charge in [0.05, 0.1) is 21.5 Å². The summed E-state index contributed by atoms with van der Waals surface area (Å²) in [6.07, 6.45) is 0.341. The fraction of sp³-hybridized carbons (Fsp3) is 0.280. The minimum absolute atomic E-state index is 0.0610. The molecule has 0 aliphatic rings. The van der Waals surface area contributed by atoms with E-state index in [1.54, 1.807) is 37.3 Å². The molecule has 0 heterocycles. The van der Waals surface area contributed by atoms with Gasteiger partial charge in [0.2, 0.25) is 21.8 Å². The van der Waals surface area contributed by atoms with Crippen LogP contribution in [0.1, 0.15) is 18.9 Å². The van der Waals surface area contributed by atoms with E-state index in [2.05, 4.69) is 5.32 Å². The molecule has 0 bridgehead atoms. The molecule has 7 nitrogen and oxygen atoms in total. The van der Waals surface area contributed by atoms with Gasteiger partial charge >= 0.3 is 0 Å². The summed E-state index contributed by atoms with van der Waals surface area (Å²) < 4.78 is 27.5. The monoisotopic (exact) mass is 535 g/mol. The standard InChI is InChI=1S/C25H27Cl2N3O4S/c1-4-23(25(32)28-2)30(15-17-9-12-21(26)22(27)13-17)24(31)16-29(3)35(33,34)20-11-10-18-7-5-6-8-19(18)14-20/h5-14,23H,4,15-16H2,1-3H3,(H,28,32). The number of likely N-dealkylation sites (N-methyl/N-ethyl adjacent to an activating group) is 2. The molecule has 1 N–H and O–H groups in total. The summed E-state index contributed by atoms with van der Waals surface area (Å²) in [5, 5.41) is 4.95. The first-order valence-corrected chi connectivity index (χ1v) is 13.2. The Morgan fingerprint density at radius 3 is 2.29 bits per heavy atom. The van der Waals surface area contributed by atoms with Crippen LogP contribution in [0.3, 0.4) is 0 Å². The van der Waals surface area contributed by atoms with Gasteiger partial charge in [-0.3, -0.25) is 9.59 Å². The molecule has 3 aromatic rings. The molecule has 0 aliphatic carbocycles. The van der Waals surface area contributed by atoms with Crippen molar-refractivity contribution in [3.05, 3.63) is 76.3 Å². The molecule has 0 fully saturated rings. The van der Waals surface area contributed by atoms with Crippen LogP contribution in [0.15, 0.2) is 65.6 Å². The maximum Gasteiger partial charge on any atom is 0.243 e. The summed E-state index contributed by atoms with van der Waals surface area (Å²) in [4.78, 5) is 27.4. The molecule has 10 heteroatoms. The Morgan fingerprint density at radius 1 is 0.971 bits per heavy atom. The van der Waals surface area contributed by atoms with Gasteiger partial charge in [0.1, 0.15) is 6.04 Å². The number of benzene rings is 3. The molecule has 0 aromatic heterocycles. The van der Waals surface area contributed by atoms with Crippen molar-refractivity contribution in [3.8, 4) is 0 Å². The quantitative estimate of drug-likeness (QED) is 0.442. The highest BCUT2D eigenvalue weighted by Gasteiger charge is 2.31. The lowest BCUT2D eigenvalue weighted by molar-refractivity contribution is -0.141. The number of carbonyl (C=O) groups is 2. The SMILES string of the molecule is CCC(C(=O)NC)N(Cc1ccc(Cl)c(Cl)c1)C(=O)CN(C)S(=O)(=O)c1ccc2ccccc2c1. The van der Waals surface area contributed by atoms with Crippen LogP contribution in [0.2, 0.25) is 10.0 Å². The van der Waals surface area contributed by atoms with E-state index in [1.807, 2.05) is 24.3 Å². The minimum Gasteiger partial charge on any atom is -0.357 e. The number of hydrogen-bond acceptors (Lipinski definition) is 4. The largest absolute Gasteiger partial charge is 0.357 e. The van der Waals surface area contributed by atoms with Gasteiger partial charge in [0.15, 0.2) is 0 Å². The Bertz CT molecular complexity index is 1350. The summed E-state index contributed by atoms with van der Waals surface area (Å²) in [6.45, 7) is 1.40. The second kappa shape index (κ2) is 11.4. The van der Waals surface area contributed by atoms with Crippen molar-refractivity contribution >= 4 is 55.8 Å². The number of halogens is 2. The number of nitrogens with one attached hydrogen (secondary N) is 1. The molecule has 3 rings (SSSR count). The molecule has 0 aliphatic heterocycles. The number of fused-ring (bicyclic) bond motifs is 1. The molecule has 0 saturated carbocycles. The molecule has 0 radical (unpaired) electrons. The molecular formula is C25H27Cl2N3O4S. The lowest BCUT2D eigenvalue weighted by atomic mass is 10.1. The van der Waals surface area contributed by atoms with Crippen molar-refractivity contribution < 1.29 is 18.0 Å². The molecule has 0 spiro atoms. The fourth-order valence-corrected chi connectivity index (χ4v) is 5.27. The van der Waals surface area contributed by atoms with Gasteiger partial charge in [-0.2, -0.15) is 4.31 Å². The minimum atomic E-state index is -3.96. The predicted octanol–water partition coefficient (Wildman–Crippen LogP) is 4.32. The van der Waals surface area contributed by atoms with E-state index in [0.717, 1.165) is 15.1 Å². The number of carbonyl (C=O) groups excluding carboxylic acids is 2. The van der Waals surface area contributed by atoms with Crippen LogP contribution in [-0.4, -0.2) is 56.1 Å². The third kappa shape index (κ3) is 6.13. The number of sulfonamides is 1. The number of rotatable bonds is 9. The Kier molecular flexibility index (Phi) is 8.77. The van der Waals surface area contributed by atoms with E-state index in [1.165, 1.54) is 25.1 Å². The second-order valence-corrected chi connectivity index (χ2v) is 10.9. The Hall–Kier alpha value is -2.65. The topological polar surface area (TPSA) is 86.8 Å². The van der Waals surface area contributed by atoms with Crippen molar-refractivity contribution in [1.29, 1.82) is 0 Å². The third-order valence-corrected chi connectivity index (χ3v) is 8.29. The second-order valence-electron chi connectivity index (χ2n) is 8.08. The van der Waals surface area contributed by atoms with E-state index in [9.17, 15) is 18.0 Å². The molecule has 186 valence electrons. The van der Waals surface area contributed by atoms with Gasteiger partial charge in [-0.15, -0.1) is 0 Å². The van der Waals surface area contributed by atoms with Gasteiger partial charge < -0.3 is 10.2 Å². The van der Waals surface area contributed by atoms with E-state index >= 15 is 0 Å². The number of nitrogens with zero attached hydrogens (tertiary/aromatic N) is 2. The van der Waals surface area contributed by atoms with Crippen LogP contribution in [0.4, 0.5) is 0 Å². The maximum absolute atomic E-state index is 13.4. The highest BCUT2D eigenvalue weighted by Crippen LogP contribution is 2.25. The maximum atomic E-state index is 13.4. The Morgan fingerprint density at radius 2 is 1.66 bits per heavy atom. The normalized spacial score (nSPS) is 12.5. The Balaban J connectivity index is 1.89. The first kappa shape index (κ1) is 26.9. The van der Waals surface area contributed by atoms with Crippen molar-refractivity contribution in [2.24, 2.45) is 0 Å². The summed E-state index contributed by atoms with van der Waals surface area (Å²) >= 11 is 12.1. The third-order valence-electron chi connectivity index (χ3n) is 5.76. The summed E-state index contributed by atoms with van der Waals surface area (Å²) in [6, 6.07) is 16.4. The van der Waals surface area contributed by atoms with Crippen LogP contribution < -0.4 is 5.32 Å². The molecule has 3 aromatic carbocycles. The smallest absolute Gasteiger partial charge is 0.243 e. The van der Waals surface area contributed by atoms with Crippen molar-refractivity contribution in [3.63, 3.8) is 0 Å². The van der Waals surface area contributed by atoms with Crippen LogP contribution in [0, 0.1) is 0 Å². The van der Waals surface area contributed by atoms with Gasteiger partial charge in [-0.25, -0.2) is 8.42 Å². The number of hydrogen-bond donors (Lipinski definition) is 1. The molecule has 2 amide bonds. The van der Waals surface area contributed by atoms with Crippen molar-refractivity contribution in [2.75, 3.05) is 20.6 Å². The predicted molar refractivity (Wildman–Crippen MR) is 139 cm³/mol. The van der Waals surface area contributed by atoms with Crippen LogP contribution in [-0.2, 0) is 26.2 Å². The van der Waals surface area contributed by atoms with E-state index in [4.69, 9.17) is 23.2 Å². The number of amides is 2. The first-order chi connectivity index (χ1) is 16.6. The van der Waals surface area contributed by atoms with Crippen LogP contribution in [0.25, 0.3) is 10.8 Å². The molecule has 0 saturated heterocycles. The highest BCUT2D eigenvalue weighted by atomic mass is 35.5. The van der Waals surface area contributed by atoms with Gasteiger partial charge in [-0.05, 0) is 47.0 Å². The lowest BCUT2D eigenvalue weighted by Gasteiger charge is -2.31. The van der Waals surface area contributed by atoms with E-state index < -0.39 is 28.5 Å². The van der Waals surface area contributed by atoms with Crippen molar-refractivity contribution in [2.45, 2.75) is 30.8 Å². The van der Waals surface area contributed by atoms with E-state index in [-0.39, 0.29) is 17.3 Å². The van der Waals surface area contributed by atoms with E-state index in [0.29, 0.717) is 22.0 Å². The summed E-state index contributed by atoms with van der Waals surface area (Å²) in [5.41, 5.74) is 0.662. The molecule has 1 unspecified atom stereocenters.